The number of ether oxygens (including phenoxy) is 1. The van der Waals surface area contributed by atoms with Crippen LogP contribution in [-0.4, -0.2) is 25.6 Å². The highest BCUT2D eigenvalue weighted by Crippen LogP contribution is 2.23. The summed E-state index contributed by atoms with van der Waals surface area (Å²) < 4.78 is 7.83. The van der Waals surface area contributed by atoms with Gasteiger partial charge in [-0.3, -0.25) is 9.55 Å². The van der Waals surface area contributed by atoms with Crippen LogP contribution in [0.4, 0.5) is 0 Å². The number of carboxylic acids is 1. The molecule has 27 heavy (non-hydrogen) atoms. The number of carbonyl (C=O) groups is 1. The molecule has 0 saturated carbocycles. The van der Waals surface area contributed by atoms with Crippen LogP contribution in [0.5, 0.6) is 5.75 Å². The lowest BCUT2D eigenvalue weighted by molar-refractivity contribution is 0.0694. The lowest BCUT2D eigenvalue weighted by atomic mass is 10.1. The smallest absolute Gasteiger partial charge is 0.336 e. The molecule has 0 amide bonds. The fraction of sp³-hybridized carbons (Fsp3) is 0.0952. The van der Waals surface area contributed by atoms with Gasteiger partial charge in [-0.1, -0.05) is 18.2 Å². The molecule has 2 aromatic heterocycles. The highest BCUT2D eigenvalue weighted by Gasteiger charge is 2.11. The monoisotopic (exact) mass is 359 g/mol. The number of fused-ring (bicyclic) bond motifs is 1. The molecule has 4 aromatic rings. The topological polar surface area (TPSA) is 77.2 Å². The highest BCUT2D eigenvalue weighted by molar-refractivity contribution is 5.89. The Morgan fingerprint density at radius 3 is 2.67 bits per heavy atom. The van der Waals surface area contributed by atoms with Gasteiger partial charge in [0.1, 0.15) is 23.7 Å². The maximum absolute atomic E-state index is 11.3. The van der Waals surface area contributed by atoms with E-state index in [9.17, 15) is 9.90 Å². The van der Waals surface area contributed by atoms with E-state index < -0.39 is 5.97 Å². The van der Waals surface area contributed by atoms with Crippen molar-refractivity contribution in [3.8, 4) is 11.4 Å². The largest absolute Gasteiger partial charge is 0.489 e. The van der Waals surface area contributed by atoms with E-state index in [2.05, 4.69) is 14.5 Å². The summed E-state index contributed by atoms with van der Waals surface area (Å²) in [6.07, 6.45) is 3.49. The van der Waals surface area contributed by atoms with Crippen molar-refractivity contribution in [1.82, 2.24) is 14.5 Å². The van der Waals surface area contributed by atoms with Crippen molar-refractivity contribution in [3.05, 3.63) is 83.9 Å². The Morgan fingerprint density at radius 2 is 1.89 bits per heavy atom. The summed E-state index contributed by atoms with van der Waals surface area (Å²) in [5.74, 6) is 0.589. The van der Waals surface area contributed by atoms with Gasteiger partial charge < -0.3 is 9.84 Å². The minimum absolute atomic E-state index is 0.195. The van der Waals surface area contributed by atoms with E-state index in [-0.39, 0.29) is 12.2 Å². The summed E-state index contributed by atoms with van der Waals surface area (Å²) >= 11 is 0. The Labute approximate surface area is 155 Å². The van der Waals surface area contributed by atoms with Crippen LogP contribution in [0.2, 0.25) is 0 Å². The van der Waals surface area contributed by atoms with E-state index in [4.69, 9.17) is 4.74 Å². The Balaban J connectivity index is 1.56. The van der Waals surface area contributed by atoms with Gasteiger partial charge in [0.2, 0.25) is 0 Å². The predicted molar refractivity (Wildman–Crippen MR) is 101 cm³/mol. The maximum Gasteiger partial charge on any atom is 0.336 e. The molecule has 0 atom stereocenters. The van der Waals surface area contributed by atoms with E-state index >= 15 is 0 Å². The summed E-state index contributed by atoms with van der Waals surface area (Å²) in [5.41, 5.74) is 3.70. The Kier molecular flexibility index (Phi) is 4.30. The first-order valence-electron chi connectivity index (χ1n) is 8.47. The summed E-state index contributed by atoms with van der Waals surface area (Å²) in [6, 6.07) is 16.4. The predicted octanol–water partition coefficient (Wildman–Crippen LogP) is 4.01. The lowest BCUT2D eigenvalue weighted by Gasteiger charge is -2.11. The quantitative estimate of drug-likeness (QED) is 0.583. The first-order valence-corrected chi connectivity index (χ1v) is 8.47. The summed E-state index contributed by atoms with van der Waals surface area (Å²) in [4.78, 5) is 19.9. The number of carboxylic acid groups (broad SMARTS) is 1. The van der Waals surface area contributed by atoms with Gasteiger partial charge in [-0.05, 0) is 43.3 Å². The molecule has 2 aromatic carbocycles. The summed E-state index contributed by atoms with van der Waals surface area (Å²) in [7, 11) is 0. The second-order valence-electron chi connectivity index (χ2n) is 6.10. The molecule has 0 saturated heterocycles. The molecule has 6 heteroatoms. The number of benzene rings is 2. The zero-order valence-corrected chi connectivity index (χ0v) is 14.7. The number of rotatable bonds is 5. The van der Waals surface area contributed by atoms with Crippen molar-refractivity contribution in [2.75, 3.05) is 0 Å². The van der Waals surface area contributed by atoms with Crippen LogP contribution in [-0.2, 0) is 6.61 Å². The van der Waals surface area contributed by atoms with Gasteiger partial charge in [-0.2, -0.15) is 0 Å². The molecule has 0 aliphatic rings. The minimum atomic E-state index is -0.957. The maximum atomic E-state index is 11.3. The third-order valence-corrected chi connectivity index (χ3v) is 4.36. The first kappa shape index (κ1) is 16.8. The van der Waals surface area contributed by atoms with E-state index in [1.54, 1.807) is 36.7 Å². The molecule has 0 unspecified atom stereocenters. The van der Waals surface area contributed by atoms with Crippen molar-refractivity contribution >= 4 is 17.0 Å². The van der Waals surface area contributed by atoms with Crippen LogP contribution in [0.1, 0.15) is 21.7 Å². The lowest BCUT2D eigenvalue weighted by Crippen LogP contribution is -2.05. The van der Waals surface area contributed by atoms with Gasteiger partial charge >= 0.3 is 5.97 Å². The van der Waals surface area contributed by atoms with Gasteiger partial charge in [0.15, 0.2) is 0 Å². The van der Waals surface area contributed by atoms with E-state index in [0.717, 1.165) is 22.5 Å². The van der Waals surface area contributed by atoms with E-state index in [1.807, 2.05) is 37.3 Å². The van der Waals surface area contributed by atoms with Crippen LogP contribution >= 0.6 is 0 Å². The van der Waals surface area contributed by atoms with Crippen LogP contribution in [0.15, 0.2) is 67.0 Å². The Morgan fingerprint density at radius 1 is 1.11 bits per heavy atom. The second-order valence-corrected chi connectivity index (χ2v) is 6.10. The number of imidazole rings is 1. The molecule has 0 spiro atoms. The van der Waals surface area contributed by atoms with Crippen molar-refractivity contribution in [3.63, 3.8) is 0 Å². The van der Waals surface area contributed by atoms with Crippen molar-refractivity contribution in [2.24, 2.45) is 0 Å². The SMILES string of the molecule is Cc1nc2cnccc2n1-c1ccc(OCc2ccccc2C(=O)O)cc1. The van der Waals surface area contributed by atoms with Gasteiger partial charge in [0, 0.05) is 17.4 Å². The minimum Gasteiger partial charge on any atom is -0.489 e. The average molecular weight is 359 g/mol. The zero-order chi connectivity index (χ0) is 18.8. The third-order valence-electron chi connectivity index (χ3n) is 4.36. The number of nitrogens with zero attached hydrogens (tertiary/aromatic N) is 3. The Bertz CT molecular complexity index is 1120. The molecule has 0 radical (unpaired) electrons. The van der Waals surface area contributed by atoms with Crippen LogP contribution < -0.4 is 4.74 Å². The molecule has 134 valence electrons. The normalized spacial score (nSPS) is 10.9. The van der Waals surface area contributed by atoms with Crippen molar-refractivity contribution in [2.45, 2.75) is 13.5 Å². The molecule has 4 rings (SSSR count). The summed E-state index contributed by atoms with van der Waals surface area (Å²) in [5, 5.41) is 9.25. The molecule has 0 fully saturated rings. The van der Waals surface area contributed by atoms with E-state index in [1.165, 1.54) is 0 Å². The molecule has 0 aliphatic heterocycles. The number of hydrogen-bond donors (Lipinski definition) is 1. The van der Waals surface area contributed by atoms with Crippen LogP contribution in [0, 0.1) is 6.92 Å². The van der Waals surface area contributed by atoms with Crippen molar-refractivity contribution in [1.29, 1.82) is 0 Å². The van der Waals surface area contributed by atoms with Gasteiger partial charge in [-0.15, -0.1) is 0 Å². The molecule has 6 nitrogen and oxygen atoms in total. The van der Waals surface area contributed by atoms with Crippen molar-refractivity contribution < 1.29 is 14.6 Å². The van der Waals surface area contributed by atoms with E-state index in [0.29, 0.717) is 11.3 Å². The standard InChI is InChI=1S/C21H17N3O3/c1-14-23-19-12-22-11-10-20(19)24(14)16-6-8-17(9-7-16)27-13-15-4-2-3-5-18(15)21(25)26/h2-12H,13H2,1H3,(H,25,26). The first-order chi connectivity index (χ1) is 13.1. The number of pyridine rings is 1. The van der Waals surface area contributed by atoms with Gasteiger partial charge in [0.05, 0.1) is 17.3 Å². The molecular weight excluding hydrogens is 342 g/mol. The van der Waals surface area contributed by atoms with Gasteiger partial charge in [-0.25, -0.2) is 9.78 Å². The Hall–Kier alpha value is -3.67. The number of aromatic carboxylic acids is 1. The van der Waals surface area contributed by atoms with Crippen LogP contribution in [0.25, 0.3) is 16.7 Å². The average Bonchev–Trinajstić information content (AvgIpc) is 3.02. The number of aryl methyl sites for hydroxylation is 1. The molecule has 0 aliphatic carbocycles. The van der Waals surface area contributed by atoms with Gasteiger partial charge in [0.25, 0.3) is 0 Å². The highest BCUT2D eigenvalue weighted by atomic mass is 16.5. The number of hydrogen-bond acceptors (Lipinski definition) is 4. The van der Waals surface area contributed by atoms with Crippen LogP contribution in [0.3, 0.4) is 0 Å². The second kappa shape index (κ2) is 6.92. The number of aromatic nitrogens is 3. The molecule has 0 bridgehead atoms. The fourth-order valence-electron chi connectivity index (χ4n) is 3.09. The molecular formula is C21H17N3O3. The fourth-order valence-corrected chi connectivity index (χ4v) is 3.09. The molecule has 1 N–H and O–H groups in total. The third kappa shape index (κ3) is 3.25. The zero-order valence-electron chi connectivity index (χ0n) is 14.7. The molecule has 2 heterocycles. The summed E-state index contributed by atoms with van der Waals surface area (Å²) in [6.45, 7) is 2.15.